The molecule has 1 amide bonds. The van der Waals surface area contributed by atoms with E-state index >= 15 is 0 Å². The molecule has 144 valence electrons. The van der Waals surface area contributed by atoms with Gasteiger partial charge in [-0.3, -0.25) is 20.1 Å². The summed E-state index contributed by atoms with van der Waals surface area (Å²) >= 11 is 6.14. The van der Waals surface area contributed by atoms with Gasteiger partial charge in [0.05, 0.1) is 11.1 Å². The number of aromatic nitrogens is 2. The molecule has 2 aromatic carbocycles. The van der Waals surface area contributed by atoms with Crippen LogP contribution in [-0.2, 0) is 11.8 Å². The Balaban J connectivity index is 1.77. The summed E-state index contributed by atoms with van der Waals surface area (Å²) in [5.41, 5.74) is 1.96. The smallest absolute Gasteiger partial charge is 0.413 e. The first-order valence-electron chi connectivity index (χ1n) is 8.35. The van der Waals surface area contributed by atoms with E-state index in [1.807, 2.05) is 6.07 Å². The van der Waals surface area contributed by atoms with Gasteiger partial charge in [0.1, 0.15) is 11.9 Å². The van der Waals surface area contributed by atoms with Crippen LogP contribution >= 0.6 is 11.6 Å². The van der Waals surface area contributed by atoms with Crippen molar-refractivity contribution in [3.8, 4) is 11.1 Å². The molecule has 0 bridgehead atoms. The monoisotopic (exact) mass is 400 g/mol. The number of anilines is 1. The number of aryl methyl sites for hydroxylation is 1. The van der Waals surface area contributed by atoms with Crippen molar-refractivity contribution in [2.24, 2.45) is 7.05 Å². The molecule has 1 N–H and O–H groups in total. The largest absolute Gasteiger partial charge is 0.441 e. The summed E-state index contributed by atoms with van der Waals surface area (Å²) in [6.07, 6.45) is 0.345. The molecule has 0 aliphatic carbocycles. The third-order valence-electron chi connectivity index (χ3n) is 4.18. The zero-order valence-electron chi connectivity index (χ0n) is 15.1. The van der Waals surface area contributed by atoms with E-state index in [1.54, 1.807) is 50.5 Å². The molecule has 0 radical (unpaired) electrons. The molecule has 1 heterocycles. The van der Waals surface area contributed by atoms with Crippen molar-refractivity contribution in [1.29, 1.82) is 0 Å². The molecule has 1 aromatic heterocycles. The highest BCUT2D eigenvalue weighted by Gasteiger charge is 2.18. The second-order valence-electron chi connectivity index (χ2n) is 6.03. The number of hydrogen-bond acceptors (Lipinski definition) is 5. The standard InChI is InChI=1S/C19H17ClN4O4/c1-12(15-5-3-4-6-17(15)20)28-19(25)22-18-16(11-21-23(18)2)13-7-9-14(10-8-13)24(26)27/h3-12H,1-2H3,(H,22,25). The highest BCUT2D eigenvalue weighted by atomic mass is 35.5. The van der Waals surface area contributed by atoms with Gasteiger partial charge in [-0.25, -0.2) is 4.79 Å². The van der Waals surface area contributed by atoms with Crippen LogP contribution in [0, 0.1) is 10.1 Å². The molecule has 0 aliphatic rings. The number of rotatable bonds is 5. The maximum absolute atomic E-state index is 12.4. The Morgan fingerprint density at radius 1 is 1.25 bits per heavy atom. The minimum atomic E-state index is -0.667. The average Bonchev–Trinajstić information content (AvgIpc) is 3.02. The van der Waals surface area contributed by atoms with Gasteiger partial charge in [-0.15, -0.1) is 0 Å². The topological polar surface area (TPSA) is 99.3 Å². The highest BCUT2D eigenvalue weighted by Crippen LogP contribution is 2.30. The zero-order valence-corrected chi connectivity index (χ0v) is 15.9. The van der Waals surface area contributed by atoms with E-state index in [1.165, 1.54) is 16.8 Å². The van der Waals surface area contributed by atoms with Crippen LogP contribution in [0.15, 0.2) is 54.7 Å². The molecule has 0 saturated carbocycles. The second-order valence-corrected chi connectivity index (χ2v) is 6.44. The normalized spacial score (nSPS) is 11.7. The highest BCUT2D eigenvalue weighted by molar-refractivity contribution is 6.31. The molecule has 0 aliphatic heterocycles. The number of carbonyl (C=O) groups excluding carboxylic acids is 1. The number of nitrogens with one attached hydrogen (secondary N) is 1. The van der Waals surface area contributed by atoms with E-state index in [9.17, 15) is 14.9 Å². The molecular formula is C19H17ClN4O4. The van der Waals surface area contributed by atoms with Crippen molar-refractivity contribution in [3.05, 3.63) is 75.4 Å². The maximum Gasteiger partial charge on any atom is 0.413 e. The van der Waals surface area contributed by atoms with E-state index < -0.39 is 17.1 Å². The fourth-order valence-electron chi connectivity index (χ4n) is 2.71. The molecule has 1 atom stereocenters. The predicted molar refractivity (Wildman–Crippen MR) is 105 cm³/mol. The van der Waals surface area contributed by atoms with E-state index in [-0.39, 0.29) is 5.69 Å². The summed E-state index contributed by atoms with van der Waals surface area (Å²) in [5.74, 6) is 0.408. The summed E-state index contributed by atoms with van der Waals surface area (Å²) in [6, 6.07) is 13.1. The van der Waals surface area contributed by atoms with Crippen LogP contribution < -0.4 is 5.32 Å². The predicted octanol–water partition coefficient (Wildman–Crippen LogP) is 4.96. The minimum Gasteiger partial charge on any atom is -0.441 e. The lowest BCUT2D eigenvalue weighted by atomic mass is 10.1. The lowest BCUT2D eigenvalue weighted by molar-refractivity contribution is -0.384. The van der Waals surface area contributed by atoms with E-state index in [0.717, 1.165) is 0 Å². The van der Waals surface area contributed by atoms with Gasteiger partial charge in [0.25, 0.3) is 5.69 Å². The van der Waals surface area contributed by atoms with Gasteiger partial charge >= 0.3 is 6.09 Å². The van der Waals surface area contributed by atoms with Gasteiger partial charge in [-0.1, -0.05) is 29.8 Å². The first-order valence-corrected chi connectivity index (χ1v) is 8.73. The average molecular weight is 401 g/mol. The number of nitro groups is 1. The van der Waals surface area contributed by atoms with Gasteiger partial charge in [-0.2, -0.15) is 5.10 Å². The van der Waals surface area contributed by atoms with Crippen molar-refractivity contribution in [1.82, 2.24) is 9.78 Å². The first-order chi connectivity index (χ1) is 13.4. The SMILES string of the molecule is CC(OC(=O)Nc1c(-c2ccc([N+](=O)[O-])cc2)cnn1C)c1ccccc1Cl. The van der Waals surface area contributed by atoms with Gasteiger partial charge in [0, 0.05) is 35.3 Å². The van der Waals surface area contributed by atoms with Gasteiger partial charge in [0.15, 0.2) is 0 Å². The molecule has 28 heavy (non-hydrogen) atoms. The molecule has 0 saturated heterocycles. The van der Waals surface area contributed by atoms with Crippen LogP contribution in [-0.4, -0.2) is 20.8 Å². The van der Waals surface area contributed by atoms with Crippen molar-refractivity contribution >= 4 is 29.2 Å². The summed E-state index contributed by atoms with van der Waals surface area (Å²) < 4.78 is 6.91. The fourth-order valence-corrected chi connectivity index (χ4v) is 3.00. The summed E-state index contributed by atoms with van der Waals surface area (Å²) in [4.78, 5) is 22.7. The molecule has 0 fully saturated rings. The summed E-state index contributed by atoms with van der Waals surface area (Å²) in [7, 11) is 1.67. The Hall–Kier alpha value is -3.39. The lowest BCUT2D eigenvalue weighted by Gasteiger charge is -2.16. The minimum absolute atomic E-state index is 0.0184. The quantitative estimate of drug-likeness (QED) is 0.482. The Kier molecular flexibility index (Phi) is 5.60. The third kappa shape index (κ3) is 4.12. The Morgan fingerprint density at radius 3 is 2.57 bits per heavy atom. The van der Waals surface area contributed by atoms with E-state index in [0.29, 0.717) is 27.5 Å². The van der Waals surface area contributed by atoms with Crippen molar-refractivity contribution < 1.29 is 14.5 Å². The number of halogens is 1. The lowest BCUT2D eigenvalue weighted by Crippen LogP contribution is -2.18. The van der Waals surface area contributed by atoms with Crippen molar-refractivity contribution in [3.63, 3.8) is 0 Å². The zero-order chi connectivity index (χ0) is 20.3. The Morgan fingerprint density at radius 2 is 1.93 bits per heavy atom. The van der Waals surface area contributed by atoms with Gasteiger partial charge in [0.2, 0.25) is 0 Å². The van der Waals surface area contributed by atoms with Gasteiger partial charge in [-0.05, 0) is 30.7 Å². The molecule has 9 heteroatoms. The molecule has 1 unspecified atom stereocenters. The van der Waals surface area contributed by atoms with Crippen LogP contribution in [0.5, 0.6) is 0 Å². The number of carbonyl (C=O) groups is 1. The summed E-state index contributed by atoms with van der Waals surface area (Å²) in [6.45, 7) is 1.72. The summed E-state index contributed by atoms with van der Waals surface area (Å²) in [5, 5.41) is 18.1. The molecule has 8 nitrogen and oxygen atoms in total. The van der Waals surface area contributed by atoms with E-state index in [2.05, 4.69) is 10.4 Å². The van der Waals surface area contributed by atoms with Crippen LogP contribution in [0.4, 0.5) is 16.3 Å². The maximum atomic E-state index is 12.4. The van der Waals surface area contributed by atoms with Crippen LogP contribution in [0.1, 0.15) is 18.6 Å². The molecule has 3 rings (SSSR count). The molecular weight excluding hydrogens is 384 g/mol. The number of nitro benzene ring substituents is 1. The number of hydrogen-bond donors (Lipinski definition) is 1. The number of ether oxygens (including phenoxy) is 1. The van der Waals surface area contributed by atoms with Crippen LogP contribution in [0.3, 0.4) is 0 Å². The number of non-ortho nitro benzene ring substituents is 1. The van der Waals surface area contributed by atoms with Crippen molar-refractivity contribution in [2.75, 3.05) is 5.32 Å². The number of amides is 1. The van der Waals surface area contributed by atoms with Crippen molar-refractivity contribution in [2.45, 2.75) is 13.0 Å². The molecule has 0 spiro atoms. The van der Waals surface area contributed by atoms with Crippen LogP contribution in [0.2, 0.25) is 5.02 Å². The Bertz CT molecular complexity index is 1020. The third-order valence-corrected chi connectivity index (χ3v) is 4.52. The second kappa shape index (κ2) is 8.10. The first kappa shape index (κ1) is 19.4. The number of benzene rings is 2. The fraction of sp³-hybridized carbons (Fsp3) is 0.158. The molecule has 3 aromatic rings. The Labute approximate surface area is 165 Å². The van der Waals surface area contributed by atoms with Gasteiger partial charge < -0.3 is 4.74 Å². The number of nitrogens with zero attached hydrogens (tertiary/aromatic N) is 3. The van der Waals surface area contributed by atoms with E-state index in [4.69, 9.17) is 16.3 Å². The van der Waals surface area contributed by atoms with Crippen LogP contribution in [0.25, 0.3) is 11.1 Å².